The van der Waals surface area contributed by atoms with E-state index in [1.54, 1.807) is 13.4 Å². The Morgan fingerprint density at radius 2 is 2.12 bits per heavy atom. The highest BCUT2D eigenvalue weighted by Crippen LogP contribution is 2.27. The van der Waals surface area contributed by atoms with Crippen molar-refractivity contribution in [2.75, 3.05) is 19.5 Å². The van der Waals surface area contributed by atoms with Crippen LogP contribution >= 0.6 is 0 Å². The standard InChI is InChI=1S/C18H23N5O3/c1-3-4-7-26-17-15-16(21-18(19)22-17)20-11-23(15)9-13-6-5-12(10-24)8-14(13)25-2/h5-6,8,11,24H,3-4,7,9-10H2,1-2H3,(H2,19,21,22). The van der Waals surface area contributed by atoms with Gasteiger partial charge < -0.3 is 24.9 Å². The Morgan fingerprint density at radius 3 is 2.85 bits per heavy atom. The number of fused-ring (bicyclic) bond motifs is 1. The summed E-state index contributed by atoms with van der Waals surface area (Å²) < 4.78 is 13.2. The number of rotatable bonds is 8. The van der Waals surface area contributed by atoms with Crippen LogP contribution in [-0.2, 0) is 13.2 Å². The van der Waals surface area contributed by atoms with Gasteiger partial charge in [-0.2, -0.15) is 9.97 Å². The second kappa shape index (κ2) is 8.01. The first-order chi connectivity index (χ1) is 12.7. The third-order valence-corrected chi connectivity index (χ3v) is 4.07. The van der Waals surface area contributed by atoms with Gasteiger partial charge >= 0.3 is 0 Å². The lowest BCUT2D eigenvalue weighted by Crippen LogP contribution is -2.07. The summed E-state index contributed by atoms with van der Waals surface area (Å²) in [6, 6.07) is 5.61. The summed E-state index contributed by atoms with van der Waals surface area (Å²) in [5.74, 6) is 1.27. The number of methoxy groups -OCH3 is 1. The Kier molecular flexibility index (Phi) is 5.52. The van der Waals surface area contributed by atoms with E-state index in [1.165, 1.54) is 0 Å². The minimum absolute atomic E-state index is 0.0345. The van der Waals surface area contributed by atoms with E-state index in [9.17, 15) is 5.11 Å². The van der Waals surface area contributed by atoms with Crippen LogP contribution < -0.4 is 15.2 Å². The van der Waals surface area contributed by atoms with Crippen molar-refractivity contribution in [2.45, 2.75) is 32.9 Å². The van der Waals surface area contributed by atoms with Crippen LogP contribution in [0, 0.1) is 0 Å². The van der Waals surface area contributed by atoms with Crippen LogP contribution in [0.4, 0.5) is 5.95 Å². The van der Waals surface area contributed by atoms with Crippen LogP contribution in [0.2, 0.25) is 0 Å². The second-order valence-electron chi connectivity index (χ2n) is 5.94. The Balaban J connectivity index is 1.98. The van der Waals surface area contributed by atoms with Gasteiger partial charge in [-0.1, -0.05) is 25.5 Å². The lowest BCUT2D eigenvalue weighted by atomic mass is 10.1. The molecule has 2 heterocycles. The van der Waals surface area contributed by atoms with E-state index in [1.807, 2.05) is 22.8 Å². The smallest absolute Gasteiger partial charge is 0.245 e. The molecule has 3 aromatic rings. The summed E-state index contributed by atoms with van der Waals surface area (Å²) in [6.07, 6.45) is 3.64. The van der Waals surface area contributed by atoms with Gasteiger partial charge in [-0.05, 0) is 18.1 Å². The zero-order valence-corrected chi connectivity index (χ0v) is 15.0. The number of aliphatic hydroxyl groups excluding tert-OH is 1. The van der Waals surface area contributed by atoms with Crippen LogP contribution in [0.3, 0.4) is 0 Å². The molecule has 26 heavy (non-hydrogen) atoms. The zero-order valence-electron chi connectivity index (χ0n) is 15.0. The molecular formula is C18H23N5O3. The van der Waals surface area contributed by atoms with Gasteiger partial charge in [0.05, 0.1) is 33.2 Å². The molecule has 0 fully saturated rings. The molecule has 0 amide bonds. The van der Waals surface area contributed by atoms with Crippen LogP contribution in [0.1, 0.15) is 30.9 Å². The minimum atomic E-state index is -0.0345. The molecule has 8 nitrogen and oxygen atoms in total. The van der Waals surface area contributed by atoms with Gasteiger partial charge in [0.2, 0.25) is 11.8 Å². The molecule has 0 aliphatic carbocycles. The molecule has 8 heteroatoms. The molecule has 0 aliphatic heterocycles. The fraction of sp³-hybridized carbons (Fsp3) is 0.389. The average Bonchev–Trinajstić information content (AvgIpc) is 3.04. The number of nitrogens with two attached hydrogens (primary N) is 1. The van der Waals surface area contributed by atoms with E-state index in [2.05, 4.69) is 21.9 Å². The Morgan fingerprint density at radius 1 is 1.27 bits per heavy atom. The Bertz CT molecular complexity index is 894. The van der Waals surface area contributed by atoms with Crippen LogP contribution in [0.5, 0.6) is 11.6 Å². The second-order valence-corrected chi connectivity index (χ2v) is 5.94. The van der Waals surface area contributed by atoms with Crippen molar-refractivity contribution in [3.63, 3.8) is 0 Å². The lowest BCUT2D eigenvalue weighted by Gasteiger charge is -2.13. The number of imidazole rings is 1. The number of hydrogen-bond donors (Lipinski definition) is 2. The first kappa shape index (κ1) is 17.9. The number of unbranched alkanes of at least 4 members (excludes halogenated alkanes) is 1. The van der Waals surface area contributed by atoms with E-state index in [4.69, 9.17) is 15.2 Å². The number of benzene rings is 1. The van der Waals surface area contributed by atoms with Gasteiger partial charge in [0, 0.05) is 5.56 Å². The van der Waals surface area contributed by atoms with Crippen LogP contribution in [0.15, 0.2) is 24.5 Å². The van der Waals surface area contributed by atoms with Crippen molar-refractivity contribution >= 4 is 17.1 Å². The topological polar surface area (TPSA) is 108 Å². The maximum absolute atomic E-state index is 9.30. The molecule has 138 valence electrons. The fourth-order valence-corrected chi connectivity index (χ4v) is 2.70. The van der Waals surface area contributed by atoms with Gasteiger partial charge in [-0.15, -0.1) is 0 Å². The van der Waals surface area contributed by atoms with E-state index in [0.717, 1.165) is 24.0 Å². The third-order valence-electron chi connectivity index (χ3n) is 4.07. The summed E-state index contributed by atoms with van der Waals surface area (Å²) in [5.41, 5.74) is 8.70. The number of nitrogen functional groups attached to an aromatic ring is 1. The number of anilines is 1. The molecule has 3 N–H and O–H groups in total. The molecule has 2 aromatic heterocycles. The lowest BCUT2D eigenvalue weighted by molar-refractivity contribution is 0.281. The molecule has 0 aliphatic rings. The summed E-state index contributed by atoms with van der Waals surface area (Å²) in [7, 11) is 1.61. The summed E-state index contributed by atoms with van der Waals surface area (Å²) in [5, 5.41) is 9.30. The van der Waals surface area contributed by atoms with Crippen molar-refractivity contribution in [1.82, 2.24) is 19.5 Å². The maximum Gasteiger partial charge on any atom is 0.245 e. The molecule has 0 bridgehead atoms. The number of hydrogen-bond acceptors (Lipinski definition) is 7. The van der Waals surface area contributed by atoms with Gasteiger partial charge in [0.1, 0.15) is 5.75 Å². The first-order valence-electron chi connectivity index (χ1n) is 8.54. The average molecular weight is 357 g/mol. The van der Waals surface area contributed by atoms with E-state index >= 15 is 0 Å². The van der Waals surface area contributed by atoms with Gasteiger partial charge in [-0.3, -0.25) is 0 Å². The number of aliphatic hydroxyl groups is 1. The number of ether oxygens (including phenoxy) is 2. The predicted octanol–water partition coefficient (Wildman–Crippen LogP) is 2.14. The largest absolute Gasteiger partial charge is 0.496 e. The van der Waals surface area contributed by atoms with Crippen molar-refractivity contribution < 1.29 is 14.6 Å². The molecule has 0 saturated heterocycles. The van der Waals surface area contributed by atoms with Crippen LogP contribution in [0.25, 0.3) is 11.2 Å². The quantitative estimate of drug-likeness (QED) is 0.595. The first-order valence-corrected chi connectivity index (χ1v) is 8.54. The molecule has 3 rings (SSSR count). The highest BCUT2D eigenvalue weighted by atomic mass is 16.5. The summed E-state index contributed by atoms with van der Waals surface area (Å²) >= 11 is 0. The molecular weight excluding hydrogens is 334 g/mol. The zero-order chi connectivity index (χ0) is 18.5. The van der Waals surface area contributed by atoms with Crippen molar-refractivity contribution in [3.8, 4) is 11.6 Å². The molecule has 1 aromatic carbocycles. The van der Waals surface area contributed by atoms with Crippen LogP contribution in [-0.4, -0.2) is 38.3 Å². The minimum Gasteiger partial charge on any atom is -0.496 e. The van der Waals surface area contributed by atoms with Crippen molar-refractivity contribution in [2.24, 2.45) is 0 Å². The molecule has 0 spiro atoms. The number of aromatic nitrogens is 4. The third kappa shape index (κ3) is 3.70. The fourth-order valence-electron chi connectivity index (χ4n) is 2.70. The SMILES string of the molecule is CCCCOc1nc(N)nc2ncn(Cc3ccc(CO)cc3OC)c12. The monoisotopic (exact) mass is 357 g/mol. The van der Waals surface area contributed by atoms with Gasteiger partial charge in [-0.25, -0.2) is 4.98 Å². The molecule has 0 atom stereocenters. The molecule has 0 radical (unpaired) electrons. The van der Waals surface area contributed by atoms with E-state index in [-0.39, 0.29) is 12.6 Å². The van der Waals surface area contributed by atoms with Crippen molar-refractivity contribution in [1.29, 1.82) is 0 Å². The molecule has 0 unspecified atom stereocenters. The highest BCUT2D eigenvalue weighted by molar-refractivity contribution is 5.78. The van der Waals surface area contributed by atoms with Gasteiger partial charge in [0.25, 0.3) is 0 Å². The number of nitrogens with zero attached hydrogens (tertiary/aromatic N) is 4. The normalized spacial score (nSPS) is 11.0. The predicted molar refractivity (Wildman–Crippen MR) is 98.2 cm³/mol. The highest BCUT2D eigenvalue weighted by Gasteiger charge is 2.15. The molecule has 0 saturated carbocycles. The Hall–Kier alpha value is -2.87. The maximum atomic E-state index is 9.30. The van der Waals surface area contributed by atoms with E-state index < -0.39 is 0 Å². The summed E-state index contributed by atoms with van der Waals surface area (Å²) in [4.78, 5) is 12.7. The summed E-state index contributed by atoms with van der Waals surface area (Å²) in [6.45, 7) is 3.12. The Labute approximate surface area is 151 Å². The van der Waals surface area contributed by atoms with Gasteiger partial charge in [0.15, 0.2) is 11.2 Å². The van der Waals surface area contributed by atoms with E-state index in [0.29, 0.717) is 35.9 Å². The van der Waals surface area contributed by atoms with Crippen molar-refractivity contribution in [3.05, 3.63) is 35.7 Å².